The van der Waals surface area contributed by atoms with E-state index in [1.807, 2.05) is 30.3 Å². The van der Waals surface area contributed by atoms with E-state index in [0.717, 1.165) is 69.9 Å². The number of amides is 2. The monoisotopic (exact) mass is 845 g/mol. The number of hydrogen-bond donors (Lipinski definition) is 2. The number of carbonyl (C=O) groups excluding carboxylic acids is 2. The van der Waals surface area contributed by atoms with Crippen LogP contribution in [0.15, 0.2) is 108 Å². The largest absolute Gasteiger partial charge is 0.449 e. The van der Waals surface area contributed by atoms with Crippen molar-refractivity contribution in [2.24, 2.45) is 11.8 Å². The van der Waals surface area contributed by atoms with E-state index in [0.29, 0.717) is 72.8 Å². The summed E-state index contributed by atoms with van der Waals surface area (Å²) in [7, 11) is 0. The number of piperidine rings is 2. The minimum absolute atomic E-state index is 0.00700. The number of ether oxygens (including phenoxy) is 2. The van der Waals surface area contributed by atoms with Crippen molar-refractivity contribution in [1.29, 1.82) is 0 Å². The number of nitrogens with zero attached hydrogens (tertiary/aromatic N) is 5. The van der Waals surface area contributed by atoms with Gasteiger partial charge in [-0.15, -0.1) is 0 Å². The Morgan fingerprint density at radius 1 is 0.758 bits per heavy atom. The molecule has 2 aromatic heterocycles. The Labute approximate surface area is 360 Å². The van der Waals surface area contributed by atoms with Crippen LogP contribution < -0.4 is 16.2 Å². The van der Waals surface area contributed by atoms with Crippen LogP contribution in [0, 0.1) is 23.5 Å². The lowest BCUT2D eigenvalue weighted by molar-refractivity contribution is 0.0666. The van der Waals surface area contributed by atoms with Gasteiger partial charge in [0.2, 0.25) is 5.95 Å². The predicted molar refractivity (Wildman–Crippen MR) is 233 cm³/mol. The van der Waals surface area contributed by atoms with Crippen LogP contribution >= 0.6 is 0 Å². The molecule has 2 saturated heterocycles. The Balaban J connectivity index is 0.715. The molecule has 0 unspecified atom stereocenters. The van der Waals surface area contributed by atoms with Crippen LogP contribution in [-0.2, 0) is 16.1 Å². The number of likely N-dealkylation sites (tertiary alicyclic amines) is 2. The number of benzene rings is 3. The van der Waals surface area contributed by atoms with E-state index in [9.17, 15) is 18.8 Å². The van der Waals surface area contributed by atoms with E-state index in [2.05, 4.69) is 25.5 Å². The van der Waals surface area contributed by atoms with Crippen LogP contribution in [0.3, 0.4) is 0 Å². The fourth-order valence-corrected chi connectivity index (χ4v) is 8.94. The number of rotatable bonds is 12. The molecule has 3 aromatic carbocycles. The quantitative estimate of drug-likeness (QED) is 0.126. The minimum atomic E-state index is -0.618. The van der Waals surface area contributed by atoms with Crippen molar-refractivity contribution in [3.05, 3.63) is 137 Å². The van der Waals surface area contributed by atoms with Gasteiger partial charge < -0.3 is 24.6 Å². The maximum Gasteiger partial charge on any atom is 0.411 e. The molecule has 0 atom stereocenters. The van der Waals surface area contributed by atoms with Gasteiger partial charge in [0, 0.05) is 54.9 Å². The normalized spacial score (nSPS) is 18.8. The van der Waals surface area contributed by atoms with Crippen LogP contribution in [0.2, 0.25) is 0 Å². The fourth-order valence-electron chi connectivity index (χ4n) is 8.94. The summed E-state index contributed by atoms with van der Waals surface area (Å²) in [6, 6.07) is 26.2. The van der Waals surface area contributed by atoms with Crippen LogP contribution in [0.1, 0.15) is 68.4 Å². The molecular formula is C48H53F2N7O5. The highest BCUT2D eigenvalue weighted by molar-refractivity contribution is 5.84. The van der Waals surface area contributed by atoms with Crippen molar-refractivity contribution in [2.75, 3.05) is 50.0 Å². The highest BCUT2D eigenvalue weighted by Gasteiger charge is 2.29. The third-order valence-corrected chi connectivity index (χ3v) is 12.5. The van der Waals surface area contributed by atoms with Gasteiger partial charge in [-0.05, 0) is 124 Å². The van der Waals surface area contributed by atoms with Gasteiger partial charge in [-0.1, -0.05) is 54.6 Å². The molecule has 1 saturated carbocycles. The van der Waals surface area contributed by atoms with Gasteiger partial charge in [-0.2, -0.15) is 0 Å². The Hall–Kier alpha value is -6.15. The molecule has 2 N–H and O–H groups in total. The van der Waals surface area contributed by atoms with Crippen LogP contribution in [0.25, 0.3) is 16.9 Å². The number of anilines is 2. The number of halogens is 2. The third-order valence-electron chi connectivity index (χ3n) is 12.5. The van der Waals surface area contributed by atoms with Gasteiger partial charge >= 0.3 is 12.2 Å². The molecule has 3 aliphatic rings. The topological polar surface area (TPSA) is 131 Å². The molecule has 1 aliphatic carbocycles. The van der Waals surface area contributed by atoms with E-state index in [4.69, 9.17) is 9.47 Å². The van der Waals surface area contributed by atoms with Crippen LogP contribution in [-0.4, -0.2) is 81.9 Å². The van der Waals surface area contributed by atoms with E-state index in [-0.39, 0.29) is 41.7 Å². The van der Waals surface area contributed by atoms with Crippen LogP contribution in [0.5, 0.6) is 0 Å². The SMILES string of the molecule is O=C(Nc1ccc(C2CCN(C[C@H]3CC[C@H](COC(=O)N4CCC(Nc5ncc(F)c(-c6cccc(-n7ccccc7=O)c6)n5)CC4)CC3)CC2)c(F)c1)OCc1ccccc1. The molecule has 2 amide bonds. The van der Waals surface area contributed by atoms with Crippen molar-refractivity contribution < 1.29 is 27.8 Å². The van der Waals surface area contributed by atoms with E-state index >= 15 is 4.39 Å². The number of nitrogens with one attached hydrogen (secondary N) is 2. The molecular weight excluding hydrogens is 793 g/mol. The summed E-state index contributed by atoms with van der Waals surface area (Å²) in [5.41, 5.74) is 3.03. The molecule has 3 fully saturated rings. The Morgan fingerprint density at radius 2 is 1.52 bits per heavy atom. The standard InChI is InChI=1S/C48H53F2N7O5/c49-42-28-39(53-47(59)61-31-34-7-2-1-3-8-34)16-17-41(42)36-18-23-55(24-19-36)30-33-12-14-35(15-13-33)32-62-48(60)56-25-20-38(21-26-56)52-46-51-29-43(50)45(54-46)37-9-6-10-40(27-37)57-22-5-4-11-44(57)58/h1-11,16-17,22,27-29,33,35-36,38H,12-15,18-21,23-26,30-32H2,(H,53,59)(H,51,52,54)/t33-,35-. The summed E-state index contributed by atoms with van der Waals surface area (Å²) < 4.78 is 42.7. The van der Waals surface area contributed by atoms with Gasteiger partial charge in [-0.25, -0.2) is 28.3 Å². The maximum atomic E-state index is 15.2. The Kier molecular flexibility index (Phi) is 13.8. The first-order valence-corrected chi connectivity index (χ1v) is 21.7. The molecule has 62 heavy (non-hydrogen) atoms. The molecule has 324 valence electrons. The molecule has 8 rings (SSSR count). The van der Waals surface area contributed by atoms with E-state index in [1.165, 1.54) is 16.7 Å². The second-order valence-electron chi connectivity index (χ2n) is 16.7. The van der Waals surface area contributed by atoms with Crippen molar-refractivity contribution in [3.63, 3.8) is 0 Å². The summed E-state index contributed by atoms with van der Waals surface area (Å²) in [5, 5.41) is 5.95. The van der Waals surface area contributed by atoms with Crippen molar-refractivity contribution in [1.82, 2.24) is 24.3 Å². The van der Waals surface area contributed by atoms with Crippen molar-refractivity contribution in [2.45, 2.75) is 69.9 Å². The molecule has 5 aromatic rings. The Morgan fingerprint density at radius 3 is 2.27 bits per heavy atom. The summed E-state index contributed by atoms with van der Waals surface area (Å²) in [6.07, 6.45) is 9.29. The first kappa shape index (κ1) is 42.5. The average Bonchev–Trinajstić information content (AvgIpc) is 3.30. The average molecular weight is 846 g/mol. The molecule has 2 aliphatic heterocycles. The zero-order chi connectivity index (χ0) is 42.8. The first-order chi connectivity index (χ1) is 30.2. The molecule has 0 bridgehead atoms. The predicted octanol–water partition coefficient (Wildman–Crippen LogP) is 9.02. The molecule has 4 heterocycles. The van der Waals surface area contributed by atoms with Gasteiger partial charge in [0.05, 0.1) is 12.8 Å². The van der Waals surface area contributed by atoms with E-state index in [1.54, 1.807) is 59.6 Å². The number of pyridine rings is 1. The lowest BCUT2D eigenvalue weighted by atomic mass is 9.81. The molecule has 0 spiro atoms. The van der Waals surface area contributed by atoms with Gasteiger partial charge in [-0.3, -0.25) is 14.7 Å². The first-order valence-electron chi connectivity index (χ1n) is 21.7. The van der Waals surface area contributed by atoms with Gasteiger partial charge in [0.25, 0.3) is 5.56 Å². The number of aromatic nitrogens is 3. The van der Waals surface area contributed by atoms with E-state index < -0.39 is 11.9 Å². The lowest BCUT2D eigenvalue weighted by Crippen LogP contribution is -2.43. The van der Waals surface area contributed by atoms with Gasteiger partial charge in [0.1, 0.15) is 18.1 Å². The lowest BCUT2D eigenvalue weighted by Gasteiger charge is -2.37. The van der Waals surface area contributed by atoms with Crippen molar-refractivity contribution in [3.8, 4) is 16.9 Å². The zero-order valence-electron chi connectivity index (χ0n) is 34.8. The van der Waals surface area contributed by atoms with Gasteiger partial charge in [0.15, 0.2) is 5.82 Å². The smallest absolute Gasteiger partial charge is 0.411 e. The summed E-state index contributed by atoms with van der Waals surface area (Å²) in [6.45, 7) is 4.51. The zero-order valence-corrected chi connectivity index (χ0v) is 34.8. The maximum absolute atomic E-state index is 15.2. The highest BCUT2D eigenvalue weighted by Crippen LogP contribution is 2.34. The molecule has 12 nitrogen and oxygen atoms in total. The van der Waals surface area contributed by atoms with Crippen molar-refractivity contribution >= 4 is 23.8 Å². The second kappa shape index (κ2) is 20.1. The Bertz CT molecular complexity index is 2360. The number of hydrogen-bond acceptors (Lipinski definition) is 9. The fraction of sp³-hybridized carbons (Fsp3) is 0.396. The second-order valence-corrected chi connectivity index (χ2v) is 16.7. The summed E-state index contributed by atoms with van der Waals surface area (Å²) in [4.78, 5) is 50.6. The molecule has 0 radical (unpaired) electrons. The third kappa shape index (κ3) is 11.0. The summed E-state index contributed by atoms with van der Waals surface area (Å²) >= 11 is 0. The highest BCUT2D eigenvalue weighted by atomic mass is 19.1. The van der Waals surface area contributed by atoms with Crippen LogP contribution in [0.4, 0.5) is 30.0 Å². The molecule has 14 heteroatoms. The summed E-state index contributed by atoms with van der Waals surface area (Å²) in [5.74, 6) is 0.522. The minimum Gasteiger partial charge on any atom is -0.449 e. The number of carbonyl (C=O) groups is 2.